The minimum absolute atomic E-state index is 0.0380. The molecule has 1 unspecified atom stereocenters. The van der Waals surface area contributed by atoms with Crippen molar-refractivity contribution >= 4 is 36.0 Å². The van der Waals surface area contributed by atoms with Gasteiger partial charge in [0.05, 0.1) is 6.10 Å². The van der Waals surface area contributed by atoms with Gasteiger partial charge in [-0.25, -0.2) is 0 Å². The highest BCUT2D eigenvalue weighted by molar-refractivity contribution is 7.98. The third-order valence-corrected chi connectivity index (χ3v) is 4.47. The number of rotatable bonds is 7. The van der Waals surface area contributed by atoms with Crippen molar-refractivity contribution in [2.24, 2.45) is 0 Å². The van der Waals surface area contributed by atoms with E-state index in [-0.39, 0.29) is 11.5 Å². The van der Waals surface area contributed by atoms with Crippen LogP contribution in [0, 0.1) is 0 Å². The van der Waals surface area contributed by atoms with E-state index in [9.17, 15) is 0 Å². The van der Waals surface area contributed by atoms with E-state index >= 15 is 0 Å². The highest BCUT2D eigenvalue weighted by Gasteiger charge is 2.29. The topological polar surface area (TPSA) is 9.23 Å². The van der Waals surface area contributed by atoms with Crippen LogP contribution in [0.3, 0.4) is 0 Å². The summed E-state index contributed by atoms with van der Waals surface area (Å²) in [5.41, 5.74) is 1.23. The summed E-state index contributed by atoms with van der Waals surface area (Å²) in [5.74, 6) is 2.82. The van der Waals surface area contributed by atoms with Gasteiger partial charge < -0.3 is 4.74 Å². The minimum Gasteiger partial charge on any atom is -0.491 e. The summed E-state index contributed by atoms with van der Waals surface area (Å²) >= 11 is 12.4. The van der Waals surface area contributed by atoms with Crippen molar-refractivity contribution in [2.75, 3.05) is 17.8 Å². The van der Waals surface area contributed by atoms with Crippen LogP contribution in [0.5, 0.6) is 5.75 Å². The van der Waals surface area contributed by atoms with E-state index in [1.54, 1.807) is 0 Å². The van der Waals surface area contributed by atoms with Crippen LogP contribution >= 0.6 is 36.0 Å². The summed E-state index contributed by atoms with van der Waals surface area (Å²) in [7, 11) is 0. The zero-order valence-corrected chi connectivity index (χ0v) is 14.5. The van der Waals surface area contributed by atoms with Gasteiger partial charge in [0.15, 0.2) is 0 Å². The minimum atomic E-state index is 0.0380. The molecule has 0 aliphatic heterocycles. The van der Waals surface area contributed by atoms with E-state index in [2.05, 4.69) is 25.8 Å². The molecular weight excluding hydrogens is 296 g/mol. The lowest BCUT2D eigenvalue weighted by atomic mass is 9.81. The molecule has 4 heteroatoms. The van der Waals surface area contributed by atoms with Gasteiger partial charge in [0, 0.05) is 21.8 Å². The molecule has 0 spiro atoms. The summed E-state index contributed by atoms with van der Waals surface area (Å²) in [6.45, 7) is 6.35. The molecule has 1 aromatic carbocycles. The molecule has 0 aliphatic carbocycles. The monoisotopic (exact) mass is 318 g/mol. The molecule has 0 fully saturated rings. The first-order valence-corrected chi connectivity index (χ1v) is 8.90. The molecule has 108 valence electrons. The molecule has 1 nitrogen and oxygen atoms in total. The molecule has 0 bridgehead atoms. The smallest absolute Gasteiger partial charge is 0.123 e. The van der Waals surface area contributed by atoms with Gasteiger partial charge in [-0.05, 0) is 50.5 Å². The molecule has 0 radical (unpaired) electrons. The van der Waals surface area contributed by atoms with Crippen LogP contribution in [0.4, 0.5) is 0 Å². The number of benzene rings is 1. The molecule has 1 rings (SSSR count). The summed E-state index contributed by atoms with van der Waals surface area (Å²) in [5, 5.41) is 0.762. The molecule has 19 heavy (non-hydrogen) atoms. The largest absolute Gasteiger partial charge is 0.491 e. The van der Waals surface area contributed by atoms with E-state index < -0.39 is 0 Å². The Kier molecular flexibility index (Phi) is 6.92. The fourth-order valence-electron chi connectivity index (χ4n) is 2.18. The molecule has 0 aliphatic rings. The van der Waals surface area contributed by atoms with E-state index in [1.807, 2.05) is 43.8 Å². The quantitative estimate of drug-likeness (QED) is 0.703. The fourth-order valence-corrected chi connectivity index (χ4v) is 3.78. The van der Waals surface area contributed by atoms with Gasteiger partial charge in [-0.1, -0.05) is 18.5 Å². The van der Waals surface area contributed by atoms with Crippen LogP contribution in [0.1, 0.15) is 32.8 Å². The zero-order chi connectivity index (χ0) is 14.5. The molecule has 0 aromatic heterocycles. The summed E-state index contributed by atoms with van der Waals surface area (Å²) in [6.07, 6.45) is 3.30. The van der Waals surface area contributed by atoms with Crippen molar-refractivity contribution in [3.8, 4) is 5.75 Å². The van der Waals surface area contributed by atoms with Gasteiger partial charge in [0.25, 0.3) is 0 Å². The lowest BCUT2D eigenvalue weighted by Gasteiger charge is -2.31. The second kappa shape index (κ2) is 7.70. The number of thioether (sulfide) groups is 1. The number of ether oxygens (including phenoxy) is 1. The number of halogens is 1. The van der Waals surface area contributed by atoms with Crippen LogP contribution in [-0.4, -0.2) is 23.9 Å². The van der Waals surface area contributed by atoms with E-state index in [0.29, 0.717) is 0 Å². The van der Waals surface area contributed by atoms with Gasteiger partial charge >= 0.3 is 0 Å². The molecule has 0 amide bonds. The van der Waals surface area contributed by atoms with Crippen molar-refractivity contribution in [2.45, 2.75) is 38.7 Å². The highest BCUT2D eigenvalue weighted by atomic mass is 35.5. The SMILES string of the molecule is CSCC(C)(CCS)c1cc(Cl)ccc1OC(C)C. The normalized spacial score (nSPS) is 14.5. The maximum absolute atomic E-state index is 6.18. The maximum atomic E-state index is 6.18. The number of hydrogen-bond acceptors (Lipinski definition) is 3. The lowest BCUT2D eigenvalue weighted by molar-refractivity contribution is 0.236. The molecule has 0 heterocycles. The summed E-state index contributed by atoms with van der Waals surface area (Å²) in [4.78, 5) is 0. The maximum Gasteiger partial charge on any atom is 0.123 e. The van der Waals surface area contributed by atoms with Gasteiger partial charge in [-0.3, -0.25) is 0 Å². The Balaban J connectivity index is 3.22. The standard InChI is InChI=1S/C15H23ClOS2/c1-11(2)17-14-6-5-12(16)9-13(14)15(3,7-8-18)10-19-4/h5-6,9,11,18H,7-8,10H2,1-4H3. The fraction of sp³-hybridized carbons (Fsp3) is 0.600. The second-order valence-corrected chi connectivity index (χ2v) is 7.02. The third-order valence-electron chi connectivity index (χ3n) is 3.08. The molecule has 0 saturated carbocycles. The first kappa shape index (κ1) is 17.1. The first-order chi connectivity index (χ1) is 8.92. The summed E-state index contributed by atoms with van der Waals surface area (Å²) < 4.78 is 5.95. The van der Waals surface area contributed by atoms with Crippen molar-refractivity contribution < 1.29 is 4.74 Å². The van der Waals surface area contributed by atoms with Crippen LogP contribution < -0.4 is 4.74 Å². The predicted molar refractivity (Wildman–Crippen MR) is 91.4 cm³/mol. The number of thiol groups is 1. The van der Waals surface area contributed by atoms with Gasteiger partial charge in [0.1, 0.15) is 5.75 Å². The van der Waals surface area contributed by atoms with Crippen LogP contribution in [0.2, 0.25) is 5.02 Å². The Morgan fingerprint density at radius 3 is 2.63 bits per heavy atom. The Bertz CT molecular complexity index is 401. The Labute approximate surface area is 131 Å². The van der Waals surface area contributed by atoms with Crippen molar-refractivity contribution in [1.82, 2.24) is 0 Å². The molecule has 1 atom stereocenters. The van der Waals surface area contributed by atoms with Gasteiger partial charge in [-0.15, -0.1) is 0 Å². The van der Waals surface area contributed by atoms with Gasteiger partial charge in [-0.2, -0.15) is 24.4 Å². The molecular formula is C15H23ClOS2. The van der Waals surface area contributed by atoms with E-state index in [0.717, 1.165) is 28.7 Å². The van der Waals surface area contributed by atoms with E-state index in [4.69, 9.17) is 16.3 Å². The Hall–Kier alpha value is 0.01000. The van der Waals surface area contributed by atoms with E-state index in [1.165, 1.54) is 5.56 Å². The lowest BCUT2D eigenvalue weighted by Crippen LogP contribution is -2.27. The molecule has 1 aromatic rings. The average Bonchev–Trinajstić information content (AvgIpc) is 2.31. The zero-order valence-electron chi connectivity index (χ0n) is 12.1. The first-order valence-electron chi connectivity index (χ1n) is 6.49. The van der Waals surface area contributed by atoms with Gasteiger partial charge in [0.2, 0.25) is 0 Å². The summed E-state index contributed by atoms with van der Waals surface area (Å²) in [6, 6.07) is 5.91. The van der Waals surface area contributed by atoms with Crippen molar-refractivity contribution in [3.63, 3.8) is 0 Å². The molecule has 0 saturated heterocycles. The van der Waals surface area contributed by atoms with Crippen LogP contribution in [0.25, 0.3) is 0 Å². The molecule has 0 N–H and O–H groups in total. The second-order valence-electron chi connectivity index (χ2n) is 5.27. The predicted octanol–water partition coefficient (Wildman–Crippen LogP) is 5.07. The average molecular weight is 319 g/mol. The van der Waals surface area contributed by atoms with Crippen molar-refractivity contribution in [1.29, 1.82) is 0 Å². The Morgan fingerprint density at radius 2 is 2.11 bits per heavy atom. The van der Waals surface area contributed by atoms with Crippen LogP contribution in [0.15, 0.2) is 18.2 Å². The third kappa shape index (κ3) is 4.80. The Morgan fingerprint density at radius 1 is 1.42 bits per heavy atom. The highest BCUT2D eigenvalue weighted by Crippen LogP contribution is 2.39. The number of hydrogen-bond donors (Lipinski definition) is 1. The van der Waals surface area contributed by atoms with Crippen LogP contribution in [-0.2, 0) is 5.41 Å². The van der Waals surface area contributed by atoms with Crippen molar-refractivity contribution in [3.05, 3.63) is 28.8 Å².